The van der Waals surface area contributed by atoms with Crippen molar-refractivity contribution in [2.24, 2.45) is 0 Å². The predicted molar refractivity (Wildman–Crippen MR) is 67.5 cm³/mol. The minimum absolute atomic E-state index is 0.487. The highest BCUT2D eigenvalue weighted by Gasteiger charge is 2.10. The van der Waals surface area contributed by atoms with Crippen molar-refractivity contribution < 1.29 is 4.42 Å². The van der Waals surface area contributed by atoms with E-state index >= 15 is 0 Å². The maximum Gasteiger partial charge on any atom is 0.258 e. The summed E-state index contributed by atoms with van der Waals surface area (Å²) < 4.78 is 5.60. The van der Waals surface area contributed by atoms with Gasteiger partial charge in [-0.25, -0.2) is 0 Å². The Balaban J connectivity index is 2.01. The molecule has 0 saturated heterocycles. The van der Waals surface area contributed by atoms with Crippen LogP contribution in [0.15, 0.2) is 46.2 Å². The van der Waals surface area contributed by atoms with Gasteiger partial charge in [0.15, 0.2) is 0 Å². The molecule has 1 aromatic carbocycles. The van der Waals surface area contributed by atoms with Crippen LogP contribution in [0.1, 0.15) is 0 Å². The number of rotatable bonds is 2. The maximum atomic E-state index is 5.71. The van der Waals surface area contributed by atoms with Gasteiger partial charge in [0.25, 0.3) is 5.89 Å². The number of hydrogen-bond acceptors (Lipinski definition) is 5. The monoisotopic (exact) mass is 243 g/mol. The summed E-state index contributed by atoms with van der Waals surface area (Å²) >= 11 is 1.57. The number of hydrogen-bond donors (Lipinski definition) is 1. The van der Waals surface area contributed by atoms with E-state index in [1.54, 1.807) is 11.3 Å². The molecule has 0 aliphatic heterocycles. The molecule has 4 nitrogen and oxygen atoms in total. The number of nitrogen functional groups attached to an aromatic ring is 1. The van der Waals surface area contributed by atoms with Crippen LogP contribution in [0.3, 0.4) is 0 Å². The average Bonchev–Trinajstić information content (AvgIpc) is 3.00. The molecule has 0 amide bonds. The second kappa shape index (κ2) is 4.03. The highest BCUT2D eigenvalue weighted by atomic mass is 32.1. The first-order valence-electron chi connectivity index (χ1n) is 5.06. The smallest absolute Gasteiger partial charge is 0.258 e. The van der Waals surface area contributed by atoms with Crippen LogP contribution in [-0.4, -0.2) is 10.2 Å². The third-order valence-corrected chi connectivity index (χ3v) is 3.15. The minimum atomic E-state index is 0.487. The molecule has 0 unspecified atom stereocenters. The SMILES string of the molecule is Nc1cccc(-c2nnc(-c3cccs3)o2)c1. The van der Waals surface area contributed by atoms with E-state index in [0.717, 1.165) is 10.4 Å². The molecule has 0 spiro atoms. The van der Waals surface area contributed by atoms with Crippen molar-refractivity contribution in [1.29, 1.82) is 0 Å². The number of nitrogens with two attached hydrogens (primary N) is 1. The summed E-state index contributed by atoms with van der Waals surface area (Å²) in [7, 11) is 0. The fourth-order valence-electron chi connectivity index (χ4n) is 1.51. The van der Waals surface area contributed by atoms with Crippen molar-refractivity contribution in [3.05, 3.63) is 41.8 Å². The van der Waals surface area contributed by atoms with Gasteiger partial charge in [-0.2, -0.15) is 0 Å². The van der Waals surface area contributed by atoms with Gasteiger partial charge >= 0.3 is 0 Å². The average molecular weight is 243 g/mol. The van der Waals surface area contributed by atoms with E-state index in [1.807, 2.05) is 41.8 Å². The van der Waals surface area contributed by atoms with Crippen LogP contribution in [0, 0.1) is 0 Å². The fourth-order valence-corrected chi connectivity index (χ4v) is 2.16. The first-order chi connectivity index (χ1) is 8.33. The number of thiophene rings is 1. The van der Waals surface area contributed by atoms with Crippen LogP contribution in [0.2, 0.25) is 0 Å². The van der Waals surface area contributed by atoms with Crippen LogP contribution in [0.5, 0.6) is 0 Å². The lowest BCUT2D eigenvalue weighted by Crippen LogP contribution is -1.84. The van der Waals surface area contributed by atoms with Crippen molar-refractivity contribution in [2.45, 2.75) is 0 Å². The molecule has 0 radical (unpaired) electrons. The molecule has 0 bridgehead atoms. The molecule has 5 heteroatoms. The zero-order valence-corrected chi connectivity index (χ0v) is 9.65. The fraction of sp³-hybridized carbons (Fsp3) is 0. The van der Waals surface area contributed by atoms with Gasteiger partial charge in [0.1, 0.15) is 0 Å². The molecular weight excluding hydrogens is 234 g/mol. The molecule has 2 heterocycles. The summed E-state index contributed by atoms with van der Waals surface area (Å²) in [6, 6.07) is 11.3. The summed E-state index contributed by atoms with van der Waals surface area (Å²) in [5, 5.41) is 10.0. The van der Waals surface area contributed by atoms with E-state index in [2.05, 4.69) is 10.2 Å². The summed E-state index contributed by atoms with van der Waals surface area (Å²) in [5.74, 6) is 1.03. The van der Waals surface area contributed by atoms with Gasteiger partial charge in [0, 0.05) is 11.3 Å². The minimum Gasteiger partial charge on any atom is -0.415 e. The summed E-state index contributed by atoms with van der Waals surface area (Å²) in [6.07, 6.45) is 0. The summed E-state index contributed by atoms with van der Waals surface area (Å²) in [6.45, 7) is 0. The molecule has 84 valence electrons. The Morgan fingerprint density at radius 2 is 1.94 bits per heavy atom. The molecule has 2 aromatic heterocycles. The Labute approximate surface area is 102 Å². The standard InChI is InChI=1S/C12H9N3OS/c13-9-4-1-3-8(7-9)11-14-15-12(16-11)10-5-2-6-17-10/h1-7H,13H2. The largest absolute Gasteiger partial charge is 0.415 e. The third-order valence-electron chi connectivity index (χ3n) is 2.29. The first kappa shape index (κ1) is 10.0. The van der Waals surface area contributed by atoms with E-state index in [9.17, 15) is 0 Å². The zero-order chi connectivity index (χ0) is 11.7. The molecule has 3 rings (SSSR count). The zero-order valence-electron chi connectivity index (χ0n) is 8.83. The summed E-state index contributed by atoms with van der Waals surface area (Å²) in [5.41, 5.74) is 7.22. The normalized spacial score (nSPS) is 10.6. The Morgan fingerprint density at radius 1 is 1.06 bits per heavy atom. The Kier molecular flexibility index (Phi) is 2.38. The molecule has 17 heavy (non-hydrogen) atoms. The van der Waals surface area contributed by atoms with Crippen LogP contribution < -0.4 is 5.73 Å². The van der Waals surface area contributed by atoms with Crippen LogP contribution in [0.25, 0.3) is 22.2 Å². The number of aromatic nitrogens is 2. The number of nitrogens with zero attached hydrogens (tertiary/aromatic N) is 2. The summed E-state index contributed by atoms with van der Waals surface area (Å²) in [4.78, 5) is 0.965. The van der Waals surface area contributed by atoms with E-state index in [0.29, 0.717) is 17.5 Å². The van der Waals surface area contributed by atoms with E-state index in [4.69, 9.17) is 10.2 Å². The van der Waals surface area contributed by atoms with Crippen molar-refractivity contribution in [1.82, 2.24) is 10.2 Å². The lowest BCUT2D eigenvalue weighted by Gasteiger charge is -1.95. The topological polar surface area (TPSA) is 64.9 Å². The quantitative estimate of drug-likeness (QED) is 0.702. The van der Waals surface area contributed by atoms with E-state index in [1.165, 1.54) is 0 Å². The second-order valence-electron chi connectivity index (χ2n) is 3.52. The van der Waals surface area contributed by atoms with Gasteiger partial charge in [-0.1, -0.05) is 12.1 Å². The van der Waals surface area contributed by atoms with Gasteiger partial charge in [0.2, 0.25) is 5.89 Å². The van der Waals surface area contributed by atoms with Crippen LogP contribution >= 0.6 is 11.3 Å². The Bertz CT molecular complexity index is 631. The Hall–Kier alpha value is -2.14. The molecular formula is C12H9N3OS. The molecule has 2 N–H and O–H groups in total. The van der Waals surface area contributed by atoms with Crippen molar-refractivity contribution in [2.75, 3.05) is 5.73 Å². The Morgan fingerprint density at radius 3 is 2.71 bits per heavy atom. The molecule has 0 fully saturated rings. The highest BCUT2D eigenvalue weighted by Crippen LogP contribution is 2.27. The third kappa shape index (κ3) is 1.92. The van der Waals surface area contributed by atoms with Crippen LogP contribution in [0.4, 0.5) is 5.69 Å². The molecule has 0 aliphatic carbocycles. The van der Waals surface area contributed by atoms with Gasteiger partial charge in [-0.15, -0.1) is 21.5 Å². The molecule has 0 atom stereocenters. The number of benzene rings is 1. The molecule has 3 aromatic rings. The van der Waals surface area contributed by atoms with E-state index in [-0.39, 0.29) is 0 Å². The van der Waals surface area contributed by atoms with E-state index < -0.39 is 0 Å². The first-order valence-corrected chi connectivity index (χ1v) is 5.94. The van der Waals surface area contributed by atoms with Crippen molar-refractivity contribution in [3.8, 4) is 22.2 Å². The predicted octanol–water partition coefficient (Wildman–Crippen LogP) is 3.05. The van der Waals surface area contributed by atoms with Crippen LogP contribution in [-0.2, 0) is 0 Å². The molecule has 0 aliphatic rings. The molecule has 0 saturated carbocycles. The maximum absolute atomic E-state index is 5.71. The van der Waals surface area contributed by atoms with Gasteiger partial charge in [-0.05, 0) is 29.6 Å². The van der Waals surface area contributed by atoms with Gasteiger partial charge < -0.3 is 10.2 Å². The highest BCUT2D eigenvalue weighted by molar-refractivity contribution is 7.13. The lowest BCUT2D eigenvalue weighted by molar-refractivity contribution is 0.586. The van der Waals surface area contributed by atoms with Crippen molar-refractivity contribution in [3.63, 3.8) is 0 Å². The second-order valence-corrected chi connectivity index (χ2v) is 4.46. The van der Waals surface area contributed by atoms with Crippen molar-refractivity contribution >= 4 is 17.0 Å². The lowest BCUT2D eigenvalue weighted by atomic mass is 10.2. The van der Waals surface area contributed by atoms with Gasteiger partial charge in [0.05, 0.1) is 4.88 Å². The van der Waals surface area contributed by atoms with Gasteiger partial charge in [-0.3, -0.25) is 0 Å². The number of anilines is 1.